The Balaban J connectivity index is 2.47. The second-order valence-corrected chi connectivity index (χ2v) is 4.52. The van der Waals surface area contributed by atoms with Crippen LogP contribution < -0.4 is 9.47 Å². The van der Waals surface area contributed by atoms with Gasteiger partial charge in [0.25, 0.3) is 0 Å². The zero-order valence-corrected chi connectivity index (χ0v) is 11.8. The summed E-state index contributed by atoms with van der Waals surface area (Å²) in [4.78, 5) is 24.1. The minimum Gasteiger partial charge on any atom is -0.507 e. The molecule has 2 aromatic carbocycles. The number of methoxy groups -OCH3 is 2. The van der Waals surface area contributed by atoms with E-state index in [1.807, 2.05) is 0 Å². The number of carbonyl (C=O) groups is 2. The van der Waals surface area contributed by atoms with Gasteiger partial charge in [-0.05, 0) is 18.2 Å². The largest absolute Gasteiger partial charge is 0.507 e. The van der Waals surface area contributed by atoms with E-state index in [1.165, 1.54) is 20.3 Å². The quantitative estimate of drug-likeness (QED) is 0.846. The molecule has 0 unspecified atom stereocenters. The maximum Gasteiger partial charge on any atom is 0.339 e. The average Bonchev–Trinajstić information content (AvgIpc) is 3.01. The van der Waals surface area contributed by atoms with Crippen LogP contribution in [0.3, 0.4) is 0 Å². The Bertz CT molecular complexity index is 794. The molecule has 0 amide bonds. The van der Waals surface area contributed by atoms with E-state index >= 15 is 0 Å². The number of ether oxygens (including phenoxy) is 4. The zero-order chi connectivity index (χ0) is 15.9. The molecular formula is C15H12O7. The van der Waals surface area contributed by atoms with Crippen LogP contribution >= 0.6 is 0 Å². The lowest BCUT2D eigenvalue weighted by atomic mass is 9.96. The molecule has 22 heavy (non-hydrogen) atoms. The number of aromatic hydroxyl groups is 1. The van der Waals surface area contributed by atoms with Crippen LogP contribution in [0, 0.1) is 0 Å². The van der Waals surface area contributed by atoms with E-state index < -0.39 is 11.9 Å². The molecule has 0 atom stereocenters. The minimum absolute atomic E-state index is 0.0156. The number of rotatable bonds is 2. The molecule has 0 fully saturated rings. The molecule has 1 aliphatic rings. The van der Waals surface area contributed by atoms with Crippen LogP contribution in [-0.4, -0.2) is 38.1 Å². The molecule has 1 N–H and O–H groups in total. The second-order valence-electron chi connectivity index (χ2n) is 4.52. The van der Waals surface area contributed by atoms with E-state index in [-0.39, 0.29) is 34.8 Å². The van der Waals surface area contributed by atoms with Crippen molar-refractivity contribution in [2.45, 2.75) is 0 Å². The summed E-state index contributed by atoms with van der Waals surface area (Å²) in [5, 5.41) is 10.7. The van der Waals surface area contributed by atoms with Crippen LogP contribution in [0.4, 0.5) is 0 Å². The average molecular weight is 304 g/mol. The Kier molecular flexibility index (Phi) is 3.25. The third kappa shape index (κ3) is 1.90. The smallest absolute Gasteiger partial charge is 0.339 e. The monoisotopic (exact) mass is 304 g/mol. The second kappa shape index (κ2) is 5.10. The molecule has 114 valence electrons. The summed E-state index contributed by atoms with van der Waals surface area (Å²) in [7, 11) is 2.38. The van der Waals surface area contributed by atoms with Crippen LogP contribution in [-0.2, 0) is 9.47 Å². The Labute approximate surface area is 125 Å². The third-order valence-electron chi connectivity index (χ3n) is 3.41. The van der Waals surface area contributed by atoms with E-state index in [1.54, 1.807) is 12.1 Å². The van der Waals surface area contributed by atoms with E-state index in [0.717, 1.165) is 0 Å². The number of hydrogen-bond acceptors (Lipinski definition) is 7. The maximum atomic E-state index is 12.2. The Morgan fingerprint density at radius 2 is 1.86 bits per heavy atom. The van der Waals surface area contributed by atoms with Gasteiger partial charge in [-0.25, -0.2) is 9.59 Å². The van der Waals surface area contributed by atoms with Crippen LogP contribution in [0.2, 0.25) is 0 Å². The lowest BCUT2D eigenvalue weighted by molar-refractivity contribution is 0.0556. The molecule has 7 heteroatoms. The summed E-state index contributed by atoms with van der Waals surface area (Å²) in [6, 6.07) is 4.36. The summed E-state index contributed by atoms with van der Waals surface area (Å²) < 4.78 is 20.1. The Morgan fingerprint density at radius 1 is 1.14 bits per heavy atom. The first-order chi connectivity index (χ1) is 10.6. The number of fused-ring (bicyclic) bond motifs is 3. The van der Waals surface area contributed by atoms with Gasteiger partial charge in [0.05, 0.1) is 25.3 Å². The highest BCUT2D eigenvalue weighted by Crippen LogP contribution is 2.44. The van der Waals surface area contributed by atoms with Crippen LogP contribution in [0.15, 0.2) is 18.2 Å². The fraction of sp³-hybridized carbons (Fsp3) is 0.200. The van der Waals surface area contributed by atoms with Gasteiger partial charge in [0, 0.05) is 10.8 Å². The summed E-state index contributed by atoms with van der Waals surface area (Å²) in [5.41, 5.74) is -0.146. The van der Waals surface area contributed by atoms with Crippen molar-refractivity contribution in [3.05, 3.63) is 29.3 Å². The number of benzene rings is 2. The van der Waals surface area contributed by atoms with Gasteiger partial charge in [-0.1, -0.05) is 0 Å². The normalized spacial score (nSPS) is 12.3. The molecular weight excluding hydrogens is 292 g/mol. The Morgan fingerprint density at radius 3 is 2.55 bits per heavy atom. The number of phenolic OH excluding ortho intramolecular Hbond substituents is 1. The zero-order valence-electron chi connectivity index (χ0n) is 11.8. The van der Waals surface area contributed by atoms with E-state index in [4.69, 9.17) is 14.2 Å². The first-order valence-corrected chi connectivity index (χ1v) is 6.33. The molecule has 1 aliphatic heterocycles. The lowest BCUT2D eigenvalue weighted by Crippen LogP contribution is -2.13. The first-order valence-electron chi connectivity index (χ1n) is 6.33. The highest BCUT2D eigenvalue weighted by molar-refractivity contribution is 6.16. The summed E-state index contributed by atoms with van der Waals surface area (Å²) in [6.45, 7) is -0.0156. The molecule has 0 aliphatic carbocycles. The molecule has 0 bridgehead atoms. The van der Waals surface area contributed by atoms with Gasteiger partial charge >= 0.3 is 11.9 Å². The van der Waals surface area contributed by atoms with E-state index in [2.05, 4.69) is 4.74 Å². The predicted octanol–water partition coefficient (Wildman–Crippen LogP) is 1.85. The van der Waals surface area contributed by atoms with Crippen LogP contribution in [0.1, 0.15) is 20.7 Å². The lowest BCUT2D eigenvalue weighted by Gasteiger charge is -2.13. The number of phenols is 1. The van der Waals surface area contributed by atoms with Crippen LogP contribution in [0.5, 0.6) is 17.2 Å². The van der Waals surface area contributed by atoms with E-state index in [0.29, 0.717) is 11.1 Å². The number of esters is 2. The van der Waals surface area contributed by atoms with Gasteiger partial charge in [-0.2, -0.15) is 0 Å². The molecule has 0 radical (unpaired) electrons. The molecule has 0 spiro atoms. The summed E-state index contributed by atoms with van der Waals surface area (Å²) in [6.07, 6.45) is 0. The minimum atomic E-state index is -0.769. The van der Waals surface area contributed by atoms with Crippen molar-refractivity contribution in [2.24, 2.45) is 0 Å². The maximum absolute atomic E-state index is 12.2. The molecule has 7 nitrogen and oxygen atoms in total. The van der Waals surface area contributed by atoms with Gasteiger partial charge in [0.1, 0.15) is 5.75 Å². The topological polar surface area (TPSA) is 91.3 Å². The number of carbonyl (C=O) groups excluding carboxylic acids is 2. The van der Waals surface area contributed by atoms with Gasteiger partial charge in [-0.3, -0.25) is 0 Å². The van der Waals surface area contributed by atoms with Crippen molar-refractivity contribution in [1.29, 1.82) is 0 Å². The fourth-order valence-electron chi connectivity index (χ4n) is 2.44. The molecule has 3 rings (SSSR count). The van der Waals surface area contributed by atoms with Gasteiger partial charge < -0.3 is 24.1 Å². The summed E-state index contributed by atoms with van der Waals surface area (Å²) >= 11 is 0. The van der Waals surface area contributed by atoms with Crippen molar-refractivity contribution < 1.29 is 33.6 Å². The standard InChI is InChI=1S/C15H12O7/c1-19-14(17)8-5-9(16)7-3-4-10-13(22-6-21-10)11(7)12(8)15(18)20-2/h3-5,16H,6H2,1-2H3. The molecule has 1 heterocycles. The van der Waals surface area contributed by atoms with Gasteiger partial charge in [0.15, 0.2) is 11.5 Å². The van der Waals surface area contributed by atoms with Crippen molar-refractivity contribution in [3.8, 4) is 17.2 Å². The van der Waals surface area contributed by atoms with Gasteiger partial charge in [-0.15, -0.1) is 0 Å². The fourth-order valence-corrected chi connectivity index (χ4v) is 2.44. The number of hydrogen-bond donors (Lipinski definition) is 1. The Hall–Kier alpha value is -2.96. The van der Waals surface area contributed by atoms with Crippen molar-refractivity contribution in [2.75, 3.05) is 21.0 Å². The van der Waals surface area contributed by atoms with E-state index in [9.17, 15) is 14.7 Å². The SMILES string of the molecule is COC(=O)c1cc(O)c2ccc3c(c2c1C(=O)OC)OCO3. The van der Waals surface area contributed by atoms with Crippen molar-refractivity contribution >= 4 is 22.7 Å². The molecule has 0 saturated heterocycles. The first kappa shape index (κ1) is 14.0. The highest BCUT2D eigenvalue weighted by Gasteiger charge is 2.29. The molecule has 0 aromatic heterocycles. The van der Waals surface area contributed by atoms with Crippen LogP contribution in [0.25, 0.3) is 10.8 Å². The third-order valence-corrected chi connectivity index (χ3v) is 3.41. The summed E-state index contributed by atoms with van der Waals surface area (Å²) in [5.74, 6) is -0.997. The van der Waals surface area contributed by atoms with Gasteiger partial charge in [0.2, 0.25) is 6.79 Å². The molecule has 2 aromatic rings. The highest BCUT2D eigenvalue weighted by atomic mass is 16.7. The van der Waals surface area contributed by atoms with Crippen molar-refractivity contribution in [1.82, 2.24) is 0 Å². The predicted molar refractivity (Wildman–Crippen MR) is 74.4 cm³/mol. The molecule has 0 saturated carbocycles. The van der Waals surface area contributed by atoms with Crippen molar-refractivity contribution in [3.63, 3.8) is 0 Å².